The first kappa shape index (κ1) is 20.8. The Balaban J connectivity index is 0.00000400. The van der Waals surface area contributed by atoms with Crippen molar-refractivity contribution in [3.8, 4) is 0 Å². The summed E-state index contributed by atoms with van der Waals surface area (Å²) in [6, 6.07) is 0.481. The van der Waals surface area contributed by atoms with E-state index in [1.54, 1.807) is 7.05 Å². The van der Waals surface area contributed by atoms with Gasteiger partial charge in [0.25, 0.3) is 0 Å². The van der Waals surface area contributed by atoms with Crippen LogP contribution in [-0.2, 0) is 0 Å². The first-order chi connectivity index (χ1) is 9.40. The van der Waals surface area contributed by atoms with Gasteiger partial charge < -0.3 is 10.6 Å². The highest BCUT2D eigenvalue weighted by atomic mass is 127. The minimum Gasteiger partial charge on any atom is -0.356 e. The van der Waals surface area contributed by atoms with Crippen molar-refractivity contribution in [2.75, 3.05) is 33.7 Å². The van der Waals surface area contributed by atoms with Gasteiger partial charge in [-0.2, -0.15) is 13.2 Å². The van der Waals surface area contributed by atoms with Crippen LogP contribution in [0.2, 0.25) is 0 Å². The lowest BCUT2D eigenvalue weighted by atomic mass is 10.2. The molecule has 4 nitrogen and oxygen atoms in total. The molecule has 8 heteroatoms. The van der Waals surface area contributed by atoms with E-state index >= 15 is 0 Å². The lowest BCUT2D eigenvalue weighted by Gasteiger charge is -2.20. The highest BCUT2D eigenvalue weighted by Gasteiger charge is 2.28. The Morgan fingerprint density at radius 2 is 1.90 bits per heavy atom. The summed E-state index contributed by atoms with van der Waals surface area (Å²) in [6.45, 7) is 0.170. The Labute approximate surface area is 142 Å². The van der Waals surface area contributed by atoms with Gasteiger partial charge in [0.15, 0.2) is 5.96 Å². The predicted molar refractivity (Wildman–Crippen MR) is 90.3 cm³/mol. The minimum absolute atomic E-state index is 0. The summed E-state index contributed by atoms with van der Waals surface area (Å²) in [6.07, 6.45) is 1.35. The minimum atomic E-state index is -4.12. The van der Waals surface area contributed by atoms with Crippen LogP contribution in [0.15, 0.2) is 4.99 Å². The number of guanidine groups is 1. The van der Waals surface area contributed by atoms with E-state index in [1.807, 2.05) is 0 Å². The second-order valence-electron chi connectivity index (χ2n) is 5.33. The molecule has 21 heavy (non-hydrogen) atoms. The SMILES string of the molecule is CN=C(NCCCN(C)CC(F)(F)F)NC1CCCC1.I. The molecule has 126 valence electrons. The van der Waals surface area contributed by atoms with Crippen LogP contribution < -0.4 is 10.6 Å². The Bertz CT molecular complexity index is 304. The molecule has 0 radical (unpaired) electrons. The number of nitrogens with zero attached hydrogens (tertiary/aromatic N) is 2. The average molecular weight is 422 g/mol. The van der Waals surface area contributed by atoms with Crippen LogP contribution in [-0.4, -0.2) is 56.8 Å². The fraction of sp³-hybridized carbons (Fsp3) is 0.923. The van der Waals surface area contributed by atoms with E-state index in [0.717, 1.165) is 18.8 Å². The van der Waals surface area contributed by atoms with E-state index in [0.29, 0.717) is 25.6 Å². The zero-order valence-electron chi connectivity index (χ0n) is 12.7. The lowest BCUT2D eigenvalue weighted by Crippen LogP contribution is -2.43. The maximum absolute atomic E-state index is 12.1. The van der Waals surface area contributed by atoms with Gasteiger partial charge in [0.2, 0.25) is 0 Å². The summed E-state index contributed by atoms with van der Waals surface area (Å²) in [7, 11) is 3.19. The van der Waals surface area contributed by atoms with Crippen molar-refractivity contribution >= 4 is 29.9 Å². The van der Waals surface area contributed by atoms with Crippen molar-refractivity contribution in [3.63, 3.8) is 0 Å². The van der Waals surface area contributed by atoms with E-state index in [1.165, 1.54) is 24.8 Å². The molecule has 1 fully saturated rings. The third-order valence-corrected chi connectivity index (χ3v) is 3.38. The van der Waals surface area contributed by atoms with Crippen molar-refractivity contribution in [2.24, 2.45) is 4.99 Å². The summed E-state index contributed by atoms with van der Waals surface area (Å²) < 4.78 is 36.4. The zero-order chi connectivity index (χ0) is 15.0. The van der Waals surface area contributed by atoms with Crippen molar-refractivity contribution < 1.29 is 13.2 Å². The van der Waals surface area contributed by atoms with Gasteiger partial charge >= 0.3 is 6.18 Å². The summed E-state index contributed by atoms with van der Waals surface area (Å²) in [5.74, 6) is 0.746. The largest absolute Gasteiger partial charge is 0.401 e. The Hall–Kier alpha value is -0.250. The third kappa shape index (κ3) is 10.2. The third-order valence-electron chi connectivity index (χ3n) is 3.38. The fourth-order valence-corrected chi connectivity index (χ4v) is 2.40. The van der Waals surface area contributed by atoms with E-state index in [4.69, 9.17) is 0 Å². The topological polar surface area (TPSA) is 39.7 Å². The second kappa shape index (κ2) is 10.5. The molecule has 0 spiro atoms. The number of alkyl halides is 3. The Morgan fingerprint density at radius 3 is 2.43 bits per heavy atom. The molecule has 1 rings (SSSR count). The molecule has 1 aliphatic rings. The maximum Gasteiger partial charge on any atom is 0.401 e. The lowest BCUT2D eigenvalue weighted by molar-refractivity contribution is -0.143. The summed E-state index contributed by atoms with van der Waals surface area (Å²) in [4.78, 5) is 5.41. The van der Waals surface area contributed by atoms with Crippen molar-refractivity contribution in [2.45, 2.75) is 44.3 Å². The first-order valence-corrected chi connectivity index (χ1v) is 7.13. The zero-order valence-corrected chi connectivity index (χ0v) is 15.0. The van der Waals surface area contributed by atoms with Gasteiger partial charge in [-0.05, 0) is 32.9 Å². The fourth-order valence-electron chi connectivity index (χ4n) is 2.40. The van der Waals surface area contributed by atoms with Crippen LogP contribution in [0, 0.1) is 0 Å². The first-order valence-electron chi connectivity index (χ1n) is 7.13. The number of halogens is 4. The van der Waals surface area contributed by atoms with Gasteiger partial charge in [0.05, 0.1) is 6.54 Å². The predicted octanol–water partition coefficient (Wildman–Crippen LogP) is 2.60. The van der Waals surface area contributed by atoms with E-state index in [-0.39, 0.29) is 24.0 Å². The number of hydrogen-bond donors (Lipinski definition) is 2. The van der Waals surface area contributed by atoms with Gasteiger partial charge in [-0.3, -0.25) is 9.89 Å². The summed E-state index contributed by atoms with van der Waals surface area (Å²) >= 11 is 0. The van der Waals surface area contributed by atoms with E-state index in [2.05, 4.69) is 15.6 Å². The molecule has 0 atom stereocenters. The number of nitrogens with one attached hydrogen (secondary N) is 2. The van der Waals surface area contributed by atoms with Crippen LogP contribution in [0.1, 0.15) is 32.1 Å². The van der Waals surface area contributed by atoms with E-state index in [9.17, 15) is 13.2 Å². The molecule has 0 aromatic carbocycles. The molecule has 0 heterocycles. The quantitative estimate of drug-likeness (QED) is 0.299. The molecular formula is C13H26F3IN4. The second-order valence-corrected chi connectivity index (χ2v) is 5.33. The maximum atomic E-state index is 12.1. The number of aliphatic imine (C=N–C) groups is 1. The molecule has 0 aromatic rings. The Kier molecular flexibility index (Phi) is 10.3. The van der Waals surface area contributed by atoms with Gasteiger partial charge in [-0.15, -0.1) is 24.0 Å². The van der Waals surface area contributed by atoms with E-state index < -0.39 is 12.7 Å². The van der Waals surface area contributed by atoms with Gasteiger partial charge in [0.1, 0.15) is 0 Å². The van der Waals surface area contributed by atoms with Gasteiger partial charge in [-0.25, -0.2) is 0 Å². The van der Waals surface area contributed by atoms with Crippen LogP contribution >= 0.6 is 24.0 Å². The smallest absolute Gasteiger partial charge is 0.356 e. The van der Waals surface area contributed by atoms with Crippen LogP contribution in [0.5, 0.6) is 0 Å². The monoisotopic (exact) mass is 422 g/mol. The van der Waals surface area contributed by atoms with Gasteiger partial charge in [0, 0.05) is 19.6 Å². The summed E-state index contributed by atoms with van der Waals surface area (Å²) in [5, 5.41) is 6.48. The molecule has 0 amide bonds. The highest BCUT2D eigenvalue weighted by Crippen LogP contribution is 2.17. The highest BCUT2D eigenvalue weighted by molar-refractivity contribution is 14.0. The normalized spacial score (nSPS) is 17.0. The molecule has 1 saturated carbocycles. The molecule has 2 N–H and O–H groups in total. The molecule has 0 aromatic heterocycles. The summed E-state index contributed by atoms with van der Waals surface area (Å²) in [5.41, 5.74) is 0. The molecule has 0 saturated heterocycles. The molecule has 0 unspecified atom stereocenters. The number of hydrogen-bond acceptors (Lipinski definition) is 2. The average Bonchev–Trinajstić information content (AvgIpc) is 2.83. The Morgan fingerprint density at radius 1 is 1.29 bits per heavy atom. The van der Waals surface area contributed by atoms with Crippen molar-refractivity contribution in [1.82, 2.24) is 15.5 Å². The van der Waals surface area contributed by atoms with Crippen molar-refractivity contribution in [1.29, 1.82) is 0 Å². The molecule has 0 bridgehead atoms. The number of rotatable bonds is 6. The van der Waals surface area contributed by atoms with Crippen LogP contribution in [0.4, 0.5) is 13.2 Å². The van der Waals surface area contributed by atoms with Crippen LogP contribution in [0.25, 0.3) is 0 Å². The molecular weight excluding hydrogens is 396 g/mol. The van der Waals surface area contributed by atoms with Crippen molar-refractivity contribution in [3.05, 3.63) is 0 Å². The van der Waals surface area contributed by atoms with Crippen LogP contribution in [0.3, 0.4) is 0 Å². The molecule has 1 aliphatic carbocycles. The standard InChI is InChI=1S/C13H25F3N4.HI/c1-17-12(19-11-6-3-4-7-11)18-8-5-9-20(2)10-13(14,15)16;/h11H,3-10H2,1-2H3,(H2,17,18,19);1H. The molecule has 0 aliphatic heterocycles. The van der Waals surface area contributed by atoms with Gasteiger partial charge in [-0.1, -0.05) is 12.8 Å².